The molecule has 3 N–H and O–H groups in total. The molecular formula is C11H24N2O2Si. The quantitative estimate of drug-likeness (QED) is 0.579. The van der Waals surface area contributed by atoms with Crippen LogP contribution in [-0.4, -0.2) is 32.4 Å². The maximum absolute atomic E-state index is 11.0. The fraction of sp³-hybridized carbons (Fsp3) is 0.909. The van der Waals surface area contributed by atoms with E-state index in [1.165, 1.54) is 0 Å². The van der Waals surface area contributed by atoms with Gasteiger partial charge < -0.3 is 15.5 Å². The summed E-state index contributed by atoms with van der Waals surface area (Å²) in [6.45, 7) is 13.0. The third-order valence-corrected chi connectivity index (χ3v) is 8.36. The molecule has 1 amide bonds. The van der Waals surface area contributed by atoms with E-state index in [0.717, 1.165) is 0 Å². The van der Waals surface area contributed by atoms with Crippen LogP contribution in [0.5, 0.6) is 0 Å². The largest absolute Gasteiger partial charge is 0.412 e. The van der Waals surface area contributed by atoms with Crippen molar-refractivity contribution in [3.05, 3.63) is 0 Å². The van der Waals surface area contributed by atoms with Crippen LogP contribution in [0, 0.1) is 0 Å². The van der Waals surface area contributed by atoms with Gasteiger partial charge in [-0.2, -0.15) is 0 Å². The van der Waals surface area contributed by atoms with Gasteiger partial charge in [-0.25, -0.2) is 0 Å². The number of carbonyl (C=O) groups excluding carboxylic acids is 1. The first kappa shape index (κ1) is 13.7. The van der Waals surface area contributed by atoms with Crippen molar-refractivity contribution in [2.75, 3.05) is 0 Å². The van der Waals surface area contributed by atoms with Crippen molar-refractivity contribution >= 4 is 14.2 Å². The topological polar surface area (TPSA) is 64.3 Å². The Bertz CT molecular complexity index is 286. The van der Waals surface area contributed by atoms with Crippen LogP contribution in [-0.2, 0) is 9.22 Å². The fourth-order valence-corrected chi connectivity index (χ4v) is 2.97. The highest BCUT2D eigenvalue weighted by Gasteiger charge is 2.45. The van der Waals surface area contributed by atoms with Crippen LogP contribution in [0.3, 0.4) is 0 Å². The number of hydrogen-bond donors (Lipinski definition) is 2. The molecule has 1 saturated heterocycles. The summed E-state index contributed by atoms with van der Waals surface area (Å²) >= 11 is 0. The van der Waals surface area contributed by atoms with Crippen molar-refractivity contribution in [2.45, 2.75) is 64.0 Å². The molecule has 0 spiro atoms. The van der Waals surface area contributed by atoms with Gasteiger partial charge in [0.1, 0.15) is 6.04 Å². The monoisotopic (exact) mass is 244 g/mol. The number of nitrogens with two attached hydrogens (primary N) is 1. The van der Waals surface area contributed by atoms with Crippen molar-refractivity contribution in [3.8, 4) is 0 Å². The molecule has 4 nitrogen and oxygen atoms in total. The second-order valence-corrected chi connectivity index (χ2v) is 10.9. The predicted octanol–water partition coefficient (Wildman–Crippen LogP) is 1.22. The second kappa shape index (κ2) is 4.12. The maximum Gasteiger partial charge on any atom is 0.239 e. The van der Waals surface area contributed by atoms with Gasteiger partial charge in [-0.3, -0.25) is 4.79 Å². The number of amides is 1. The predicted molar refractivity (Wildman–Crippen MR) is 67.7 cm³/mol. The first-order valence-electron chi connectivity index (χ1n) is 5.80. The lowest BCUT2D eigenvalue weighted by Gasteiger charge is -2.44. The van der Waals surface area contributed by atoms with Gasteiger partial charge in [0.25, 0.3) is 0 Å². The number of β-lactam (4-membered cyclic amide) rings is 1. The standard InChI is InChI=1S/C11H24N2O2Si/c1-7(9-8(12)10(14)13-9)15-16(5,6)11(2,3)4/h7-9H,12H2,1-6H3,(H,13,14)/t7-,8-,9+/m1/s1. The van der Waals surface area contributed by atoms with E-state index in [1.807, 2.05) is 6.92 Å². The van der Waals surface area contributed by atoms with Gasteiger partial charge >= 0.3 is 0 Å². The first-order chi connectivity index (χ1) is 7.06. The van der Waals surface area contributed by atoms with Crippen molar-refractivity contribution in [2.24, 2.45) is 5.73 Å². The average Bonchev–Trinajstić information content (AvgIpc) is 2.10. The molecule has 0 saturated carbocycles. The van der Waals surface area contributed by atoms with Crippen molar-refractivity contribution in [3.63, 3.8) is 0 Å². The number of rotatable bonds is 3. The molecule has 94 valence electrons. The molecule has 16 heavy (non-hydrogen) atoms. The molecule has 3 atom stereocenters. The molecular weight excluding hydrogens is 220 g/mol. The minimum Gasteiger partial charge on any atom is -0.412 e. The van der Waals surface area contributed by atoms with Crippen molar-refractivity contribution < 1.29 is 9.22 Å². The van der Waals surface area contributed by atoms with Crippen LogP contribution in [0.15, 0.2) is 0 Å². The lowest BCUT2D eigenvalue weighted by atomic mass is 9.96. The zero-order valence-electron chi connectivity index (χ0n) is 11.1. The molecule has 0 unspecified atom stereocenters. The normalized spacial score (nSPS) is 28.3. The van der Waals surface area contributed by atoms with E-state index in [9.17, 15) is 4.79 Å². The van der Waals surface area contributed by atoms with Crippen LogP contribution < -0.4 is 11.1 Å². The van der Waals surface area contributed by atoms with Gasteiger partial charge in [0, 0.05) is 0 Å². The van der Waals surface area contributed by atoms with Gasteiger partial charge in [-0.15, -0.1) is 0 Å². The zero-order chi connectivity index (χ0) is 12.7. The van der Waals surface area contributed by atoms with E-state index in [2.05, 4.69) is 39.2 Å². The summed E-state index contributed by atoms with van der Waals surface area (Å²) in [6.07, 6.45) is -0.00593. The Morgan fingerprint density at radius 1 is 1.44 bits per heavy atom. The highest BCUT2D eigenvalue weighted by Crippen LogP contribution is 2.37. The van der Waals surface area contributed by atoms with Crippen LogP contribution in [0.25, 0.3) is 0 Å². The van der Waals surface area contributed by atoms with Crippen molar-refractivity contribution in [1.82, 2.24) is 5.32 Å². The molecule has 5 heteroatoms. The van der Waals surface area contributed by atoms with E-state index < -0.39 is 14.4 Å². The average molecular weight is 244 g/mol. The Hall–Kier alpha value is -0.393. The summed E-state index contributed by atoms with van der Waals surface area (Å²) in [4.78, 5) is 11.0. The lowest BCUT2D eigenvalue weighted by molar-refractivity contribution is -0.132. The zero-order valence-corrected chi connectivity index (χ0v) is 12.1. The van der Waals surface area contributed by atoms with Crippen LogP contribution in [0.1, 0.15) is 27.7 Å². The van der Waals surface area contributed by atoms with E-state index in [0.29, 0.717) is 0 Å². The van der Waals surface area contributed by atoms with Gasteiger partial charge in [-0.05, 0) is 25.1 Å². The van der Waals surface area contributed by atoms with E-state index >= 15 is 0 Å². The van der Waals surface area contributed by atoms with Gasteiger partial charge in [0.05, 0.1) is 12.1 Å². The smallest absolute Gasteiger partial charge is 0.239 e. The fourth-order valence-electron chi connectivity index (χ4n) is 1.54. The molecule has 0 aromatic carbocycles. The Kier molecular flexibility index (Phi) is 3.52. The van der Waals surface area contributed by atoms with Crippen molar-refractivity contribution in [1.29, 1.82) is 0 Å². The number of nitrogens with one attached hydrogen (secondary N) is 1. The minimum atomic E-state index is -1.77. The first-order valence-corrected chi connectivity index (χ1v) is 8.71. The molecule has 0 aromatic rings. The summed E-state index contributed by atoms with van der Waals surface area (Å²) in [5.41, 5.74) is 5.72. The van der Waals surface area contributed by atoms with Crippen LogP contribution in [0.4, 0.5) is 0 Å². The molecule has 1 fully saturated rings. The molecule has 0 aromatic heterocycles. The van der Waals surface area contributed by atoms with Gasteiger partial charge in [-0.1, -0.05) is 20.8 Å². The van der Waals surface area contributed by atoms with E-state index in [4.69, 9.17) is 10.2 Å². The SMILES string of the molecule is C[C@@H](O[Si](C)(C)C(C)(C)C)[C@@H]1NC(=O)[C@@H]1N. The third-order valence-electron chi connectivity index (χ3n) is 3.79. The van der Waals surface area contributed by atoms with E-state index in [1.54, 1.807) is 0 Å². The maximum atomic E-state index is 11.0. The Labute approximate surface area is 99.1 Å². The highest BCUT2D eigenvalue weighted by molar-refractivity contribution is 6.74. The second-order valence-electron chi connectivity index (χ2n) is 6.14. The summed E-state index contributed by atoms with van der Waals surface area (Å²) in [5, 5.41) is 2.98. The number of hydrogen-bond acceptors (Lipinski definition) is 3. The van der Waals surface area contributed by atoms with Crippen LogP contribution >= 0.6 is 0 Å². The summed E-state index contributed by atoms with van der Waals surface area (Å²) in [5.74, 6) is -0.0734. The Balaban J connectivity index is 2.58. The Morgan fingerprint density at radius 3 is 2.25 bits per heavy atom. The van der Waals surface area contributed by atoms with Crippen LogP contribution in [0.2, 0.25) is 18.1 Å². The summed E-state index contributed by atoms with van der Waals surface area (Å²) < 4.78 is 6.17. The molecule has 1 aliphatic heterocycles. The highest BCUT2D eigenvalue weighted by atomic mass is 28.4. The van der Waals surface area contributed by atoms with Gasteiger partial charge in [0.2, 0.25) is 5.91 Å². The van der Waals surface area contributed by atoms with E-state index in [-0.39, 0.29) is 23.1 Å². The van der Waals surface area contributed by atoms with Gasteiger partial charge in [0.15, 0.2) is 8.32 Å². The molecule has 1 heterocycles. The lowest BCUT2D eigenvalue weighted by Crippen LogP contribution is -2.71. The number of carbonyl (C=O) groups is 1. The Morgan fingerprint density at radius 2 is 1.94 bits per heavy atom. The summed E-state index contributed by atoms with van der Waals surface area (Å²) in [7, 11) is -1.77. The minimum absolute atomic E-state index is 0.00593. The molecule has 1 aliphatic rings. The molecule has 1 rings (SSSR count). The molecule has 0 radical (unpaired) electrons. The molecule has 0 bridgehead atoms. The molecule has 0 aliphatic carbocycles. The third kappa shape index (κ3) is 2.47. The summed E-state index contributed by atoms with van der Waals surface area (Å²) in [6, 6.07) is -0.429.